The highest BCUT2D eigenvalue weighted by molar-refractivity contribution is 7.99. The number of benzene rings is 4. The van der Waals surface area contributed by atoms with Crippen LogP contribution in [0.25, 0.3) is 0 Å². The summed E-state index contributed by atoms with van der Waals surface area (Å²) in [5.41, 5.74) is 3.77. The fourth-order valence-corrected chi connectivity index (χ4v) is 6.26. The number of hydrogen-bond acceptors (Lipinski definition) is 6. The van der Waals surface area contributed by atoms with Crippen LogP contribution in [0.2, 0.25) is 0 Å². The van der Waals surface area contributed by atoms with Crippen molar-refractivity contribution in [2.75, 3.05) is 0 Å². The van der Waals surface area contributed by atoms with Crippen LogP contribution in [0.4, 0.5) is 0 Å². The third kappa shape index (κ3) is 8.31. The Labute approximate surface area is 258 Å². The molecule has 0 aliphatic heterocycles. The molecule has 0 aromatic heterocycles. The molecule has 0 spiro atoms. The largest absolute Gasteiger partial charge is 0.358 e. The van der Waals surface area contributed by atoms with Gasteiger partial charge in [0.25, 0.3) is 6.29 Å². The Morgan fingerprint density at radius 1 is 0.814 bits per heavy atom. The van der Waals surface area contributed by atoms with Crippen molar-refractivity contribution >= 4 is 29.0 Å². The second-order valence-electron chi connectivity index (χ2n) is 11.1. The Morgan fingerprint density at radius 2 is 1.42 bits per heavy atom. The van der Waals surface area contributed by atoms with Crippen LogP contribution in [0.15, 0.2) is 118 Å². The van der Waals surface area contributed by atoms with Gasteiger partial charge in [0.05, 0.1) is 0 Å². The van der Waals surface area contributed by atoms with E-state index in [2.05, 4.69) is 5.16 Å². The van der Waals surface area contributed by atoms with E-state index in [9.17, 15) is 14.7 Å². The Morgan fingerprint density at radius 3 is 2.07 bits per heavy atom. The molecule has 1 atom stereocenters. The Kier molecular flexibility index (Phi) is 10.6. The van der Waals surface area contributed by atoms with Crippen LogP contribution in [0, 0.1) is 12.8 Å². The van der Waals surface area contributed by atoms with E-state index in [1.165, 1.54) is 32.1 Å². The Balaban J connectivity index is 1.25. The monoisotopic (exact) mass is 591 g/mol. The fraction of sp³-hybridized carbons (Fsp3) is 0.270. The number of hydrogen-bond donors (Lipinski definition) is 1. The number of Topliss-reactive ketones (excluding diaryl/α,β-unsaturated/α-hetero) is 1. The highest BCUT2D eigenvalue weighted by Crippen LogP contribution is 2.30. The number of aryl methyl sites for hydroxylation is 1. The molecular weight excluding hydrogens is 554 g/mol. The van der Waals surface area contributed by atoms with Crippen LogP contribution in [-0.4, -0.2) is 22.4 Å². The maximum absolute atomic E-state index is 13.5. The van der Waals surface area contributed by atoms with Crippen LogP contribution in [0.5, 0.6) is 0 Å². The second-order valence-corrected chi connectivity index (χ2v) is 12.2. The number of aliphatic hydroxyl groups is 1. The molecule has 1 fully saturated rings. The molecule has 1 aliphatic rings. The molecule has 0 heterocycles. The van der Waals surface area contributed by atoms with Gasteiger partial charge in [-0.15, -0.1) is 0 Å². The zero-order valence-electron chi connectivity index (χ0n) is 24.4. The molecule has 6 heteroatoms. The molecule has 0 bridgehead atoms. The number of carbonyl (C=O) groups is 2. The van der Waals surface area contributed by atoms with Gasteiger partial charge < -0.3 is 9.94 Å². The molecule has 220 valence electrons. The average Bonchev–Trinajstić information content (AvgIpc) is 3.06. The van der Waals surface area contributed by atoms with Gasteiger partial charge in [0.2, 0.25) is 5.78 Å². The fourth-order valence-electron chi connectivity index (χ4n) is 5.44. The van der Waals surface area contributed by atoms with E-state index in [0.29, 0.717) is 40.3 Å². The van der Waals surface area contributed by atoms with Crippen molar-refractivity contribution in [3.8, 4) is 0 Å². The maximum atomic E-state index is 13.5. The molecular formula is C37H37NO4S. The molecule has 1 saturated carbocycles. The Hall–Kier alpha value is -4.00. The molecule has 0 amide bonds. The lowest BCUT2D eigenvalue weighted by molar-refractivity contribution is -0.102. The zero-order chi connectivity index (χ0) is 30.0. The summed E-state index contributed by atoms with van der Waals surface area (Å²) in [5.74, 6) is 0.411. The summed E-state index contributed by atoms with van der Waals surface area (Å²) < 4.78 is 0. The summed E-state index contributed by atoms with van der Waals surface area (Å²) in [6, 6.07) is 31.7. The van der Waals surface area contributed by atoms with Gasteiger partial charge >= 0.3 is 0 Å². The molecule has 43 heavy (non-hydrogen) atoms. The minimum absolute atomic E-state index is 0.0127. The SMILES string of the molecule is Cc1ccccc1C(=O)c1ccc(Sc2ccc(C(=O)/C(CCC3CCCCC3)=N/O[C@@H](O)c3ccccc3)cc2)cc1. The lowest BCUT2D eigenvalue weighted by Gasteiger charge is -2.21. The van der Waals surface area contributed by atoms with Crippen LogP contribution in [-0.2, 0) is 4.84 Å². The van der Waals surface area contributed by atoms with Crippen molar-refractivity contribution in [3.63, 3.8) is 0 Å². The predicted molar refractivity (Wildman–Crippen MR) is 172 cm³/mol. The van der Waals surface area contributed by atoms with Crippen molar-refractivity contribution in [2.45, 2.75) is 68.0 Å². The van der Waals surface area contributed by atoms with E-state index in [1.807, 2.05) is 97.9 Å². The van der Waals surface area contributed by atoms with Crippen LogP contribution in [0.3, 0.4) is 0 Å². The van der Waals surface area contributed by atoms with Crippen molar-refractivity contribution < 1.29 is 19.5 Å². The van der Waals surface area contributed by atoms with E-state index in [-0.39, 0.29) is 11.6 Å². The quantitative estimate of drug-likeness (QED) is 0.0770. The van der Waals surface area contributed by atoms with Gasteiger partial charge in [-0.1, -0.05) is 104 Å². The third-order valence-corrected chi connectivity index (χ3v) is 9.00. The summed E-state index contributed by atoms with van der Waals surface area (Å²) in [6.45, 7) is 1.94. The summed E-state index contributed by atoms with van der Waals surface area (Å²) >= 11 is 1.57. The predicted octanol–water partition coefficient (Wildman–Crippen LogP) is 8.98. The molecule has 5 rings (SSSR count). The van der Waals surface area contributed by atoms with Gasteiger partial charge in [-0.05, 0) is 79.8 Å². The summed E-state index contributed by atoms with van der Waals surface area (Å²) in [6.07, 6.45) is 6.27. The molecule has 1 aliphatic carbocycles. The molecule has 0 saturated heterocycles. The molecule has 0 radical (unpaired) electrons. The minimum atomic E-state index is -1.24. The second kappa shape index (κ2) is 14.9. The first kappa shape index (κ1) is 30.5. The molecule has 4 aromatic rings. The lowest BCUT2D eigenvalue weighted by atomic mass is 9.85. The molecule has 5 nitrogen and oxygen atoms in total. The first-order valence-corrected chi connectivity index (χ1v) is 15.8. The Bertz CT molecular complexity index is 1540. The van der Waals surface area contributed by atoms with Crippen molar-refractivity contribution in [2.24, 2.45) is 11.1 Å². The van der Waals surface area contributed by atoms with E-state index in [4.69, 9.17) is 4.84 Å². The standard InChI is InChI=1S/C37H37NO4S/c1-26-10-8-9-15-33(26)35(39)28-17-21-31(22-18-28)43-32-23-19-29(20-24-32)36(40)34(25-16-27-11-4-2-5-12-27)38-42-37(41)30-13-6-3-7-14-30/h3,6-10,13-15,17-24,27,37,41H,2,4-5,11-12,16,25H2,1H3/b38-34+/t37-/m1/s1. The highest BCUT2D eigenvalue weighted by atomic mass is 32.2. The molecule has 1 N–H and O–H groups in total. The minimum Gasteiger partial charge on any atom is -0.358 e. The van der Waals surface area contributed by atoms with Gasteiger partial charge in [-0.3, -0.25) is 9.59 Å². The van der Waals surface area contributed by atoms with E-state index < -0.39 is 6.29 Å². The number of aliphatic hydroxyl groups excluding tert-OH is 1. The van der Waals surface area contributed by atoms with Gasteiger partial charge in [0, 0.05) is 32.0 Å². The first-order chi connectivity index (χ1) is 21.0. The third-order valence-electron chi connectivity index (χ3n) is 7.98. The zero-order valence-corrected chi connectivity index (χ0v) is 25.3. The van der Waals surface area contributed by atoms with Crippen molar-refractivity contribution in [1.82, 2.24) is 0 Å². The number of rotatable bonds is 12. The summed E-state index contributed by atoms with van der Waals surface area (Å²) in [5, 5.41) is 14.7. The van der Waals surface area contributed by atoms with E-state index in [1.54, 1.807) is 23.9 Å². The van der Waals surface area contributed by atoms with Gasteiger partial charge in [0.15, 0.2) is 5.78 Å². The van der Waals surface area contributed by atoms with Crippen molar-refractivity contribution in [3.05, 3.63) is 131 Å². The molecule has 4 aromatic carbocycles. The number of carbonyl (C=O) groups excluding carboxylic acids is 2. The van der Waals surface area contributed by atoms with Crippen molar-refractivity contribution in [1.29, 1.82) is 0 Å². The van der Waals surface area contributed by atoms with E-state index >= 15 is 0 Å². The number of nitrogens with zero attached hydrogens (tertiary/aromatic N) is 1. The lowest BCUT2D eigenvalue weighted by Crippen LogP contribution is -2.18. The highest BCUT2D eigenvalue weighted by Gasteiger charge is 2.20. The van der Waals surface area contributed by atoms with Gasteiger partial charge in [0.1, 0.15) is 5.71 Å². The number of oxime groups is 1. The molecule has 0 unspecified atom stereocenters. The van der Waals surface area contributed by atoms with E-state index in [0.717, 1.165) is 21.8 Å². The normalized spacial score (nSPS) is 14.7. The maximum Gasteiger partial charge on any atom is 0.250 e. The van der Waals surface area contributed by atoms with Crippen LogP contribution < -0.4 is 0 Å². The topological polar surface area (TPSA) is 76.0 Å². The first-order valence-electron chi connectivity index (χ1n) is 15.0. The summed E-state index contributed by atoms with van der Waals surface area (Å²) in [7, 11) is 0. The van der Waals surface area contributed by atoms with Gasteiger partial charge in [-0.2, -0.15) is 0 Å². The number of ketones is 2. The smallest absolute Gasteiger partial charge is 0.250 e. The average molecular weight is 592 g/mol. The summed E-state index contributed by atoms with van der Waals surface area (Å²) in [4.78, 5) is 33.9. The van der Waals surface area contributed by atoms with Gasteiger partial charge in [-0.25, -0.2) is 0 Å². The van der Waals surface area contributed by atoms with Crippen LogP contribution >= 0.6 is 11.8 Å². The van der Waals surface area contributed by atoms with Crippen LogP contribution in [0.1, 0.15) is 88.6 Å².